The molecule has 3 aromatic rings. The smallest absolute Gasteiger partial charge is 0.404 e. The second-order valence-electron chi connectivity index (χ2n) is 7.61. The van der Waals surface area contributed by atoms with E-state index in [9.17, 15) is 26.0 Å². The number of rotatable bonds is 8. The van der Waals surface area contributed by atoms with Crippen LogP contribution in [0.5, 0.6) is 11.9 Å². The molecule has 1 N–H and O–H groups in total. The molecule has 0 aliphatic heterocycles. The third kappa shape index (κ3) is 5.47. The molecule has 0 bridgehead atoms. The van der Waals surface area contributed by atoms with Crippen LogP contribution < -0.4 is 9.46 Å². The number of hydrogen-bond donors (Lipinski definition) is 1. The normalized spacial score (nSPS) is 15.4. The molecule has 13 heteroatoms. The summed E-state index contributed by atoms with van der Waals surface area (Å²) in [6, 6.07) is 8.31. The van der Waals surface area contributed by atoms with Crippen molar-refractivity contribution in [1.29, 1.82) is 0 Å². The SMILES string of the molecule is CCn1nc(-c2cccc(C3(NS(=O)(=O)CC(F)(F)F)CC3)c2)cc1Oc1ncc(F)cn1. The second kappa shape index (κ2) is 8.37. The maximum absolute atomic E-state index is 13.0. The molecule has 0 unspecified atom stereocenters. The fourth-order valence-corrected chi connectivity index (χ4v) is 4.82. The first-order valence-corrected chi connectivity index (χ1v) is 11.6. The lowest BCUT2D eigenvalue weighted by atomic mass is 10.0. The van der Waals surface area contributed by atoms with Gasteiger partial charge in [0.15, 0.2) is 11.6 Å². The average Bonchev–Trinajstić information content (AvgIpc) is 3.38. The van der Waals surface area contributed by atoms with Crippen molar-refractivity contribution < 1.29 is 30.7 Å². The van der Waals surface area contributed by atoms with Crippen molar-refractivity contribution in [2.75, 3.05) is 5.75 Å². The van der Waals surface area contributed by atoms with Gasteiger partial charge in [0.1, 0.15) is 0 Å². The Morgan fingerprint density at radius 1 is 1.18 bits per heavy atom. The lowest BCUT2D eigenvalue weighted by Gasteiger charge is -2.19. The van der Waals surface area contributed by atoms with Gasteiger partial charge < -0.3 is 4.74 Å². The summed E-state index contributed by atoms with van der Waals surface area (Å²) in [5.41, 5.74) is 0.575. The number of hydrogen-bond acceptors (Lipinski definition) is 6. The first-order valence-electron chi connectivity index (χ1n) is 9.91. The molecule has 1 aliphatic carbocycles. The van der Waals surface area contributed by atoms with Crippen LogP contribution in [0.3, 0.4) is 0 Å². The van der Waals surface area contributed by atoms with Crippen LogP contribution in [0.25, 0.3) is 11.3 Å². The van der Waals surface area contributed by atoms with Gasteiger partial charge in [0.2, 0.25) is 15.9 Å². The summed E-state index contributed by atoms with van der Waals surface area (Å²) in [6.07, 6.45) is -2.13. The van der Waals surface area contributed by atoms with E-state index in [1.807, 2.05) is 6.92 Å². The zero-order valence-electron chi connectivity index (χ0n) is 17.3. The second-order valence-corrected chi connectivity index (χ2v) is 9.33. The van der Waals surface area contributed by atoms with Gasteiger partial charge >= 0.3 is 12.2 Å². The summed E-state index contributed by atoms with van der Waals surface area (Å²) < 4.78 is 84.2. The highest BCUT2D eigenvalue weighted by molar-refractivity contribution is 7.89. The monoisotopic (exact) mass is 485 g/mol. The Morgan fingerprint density at radius 3 is 2.48 bits per heavy atom. The predicted molar refractivity (Wildman–Crippen MR) is 109 cm³/mol. The van der Waals surface area contributed by atoms with Crippen molar-refractivity contribution in [3.8, 4) is 23.1 Å². The molecule has 0 spiro atoms. The molecule has 1 aliphatic rings. The number of aryl methyl sites for hydroxylation is 1. The van der Waals surface area contributed by atoms with E-state index in [1.54, 1.807) is 30.3 Å². The first kappa shape index (κ1) is 23.1. The Balaban J connectivity index is 1.59. The number of nitrogens with one attached hydrogen (secondary N) is 1. The molecule has 1 aromatic carbocycles. The minimum atomic E-state index is -4.83. The molecule has 8 nitrogen and oxygen atoms in total. The lowest BCUT2D eigenvalue weighted by Crippen LogP contribution is -2.40. The molecule has 1 fully saturated rings. The van der Waals surface area contributed by atoms with Gasteiger partial charge in [-0.2, -0.15) is 18.3 Å². The van der Waals surface area contributed by atoms with Gasteiger partial charge in [-0.05, 0) is 31.4 Å². The van der Waals surface area contributed by atoms with Gasteiger partial charge in [0, 0.05) is 18.2 Å². The number of sulfonamides is 1. The Hall–Kier alpha value is -3.06. The fraction of sp³-hybridized carbons (Fsp3) is 0.350. The summed E-state index contributed by atoms with van der Waals surface area (Å²) in [7, 11) is -4.56. The van der Waals surface area contributed by atoms with Crippen LogP contribution in [0.2, 0.25) is 0 Å². The van der Waals surface area contributed by atoms with Crippen LogP contribution in [-0.2, 0) is 22.1 Å². The molecule has 33 heavy (non-hydrogen) atoms. The Morgan fingerprint density at radius 2 is 1.88 bits per heavy atom. The average molecular weight is 485 g/mol. The van der Waals surface area contributed by atoms with Crippen LogP contribution in [0, 0.1) is 5.82 Å². The van der Waals surface area contributed by atoms with E-state index in [1.165, 1.54) is 4.68 Å². The fourth-order valence-electron chi connectivity index (χ4n) is 3.40. The molecular formula is C20H19F4N5O3S. The molecule has 0 radical (unpaired) electrons. The van der Waals surface area contributed by atoms with Crippen molar-refractivity contribution in [2.45, 2.75) is 38.0 Å². The number of benzene rings is 1. The summed E-state index contributed by atoms with van der Waals surface area (Å²) in [6.45, 7) is 2.28. The molecule has 1 saturated carbocycles. The molecule has 176 valence electrons. The summed E-state index contributed by atoms with van der Waals surface area (Å²) in [4.78, 5) is 7.50. The molecular weight excluding hydrogens is 466 g/mol. The number of halogens is 4. The third-order valence-corrected chi connectivity index (χ3v) is 6.41. The van der Waals surface area contributed by atoms with E-state index in [0.717, 1.165) is 12.4 Å². The highest BCUT2D eigenvalue weighted by atomic mass is 32.2. The van der Waals surface area contributed by atoms with Crippen LogP contribution in [0.1, 0.15) is 25.3 Å². The Labute approximate surface area is 186 Å². The van der Waals surface area contributed by atoms with Crippen LogP contribution in [-0.4, -0.2) is 40.1 Å². The van der Waals surface area contributed by atoms with Crippen molar-refractivity contribution in [1.82, 2.24) is 24.5 Å². The quantitative estimate of drug-likeness (QED) is 0.488. The molecule has 0 saturated heterocycles. The zero-order chi connectivity index (χ0) is 23.9. The minimum Gasteiger partial charge on any atom is -0.405 e. The third-order valence-electron chi connectivity index (χ3n) is 5.00. The highest BCUT2D eigenvalue weighted by Gasteiger charge is 2.49. The maximum Gasteiger partial charge on any atom is 0.404 e. The number of alkyl halides is 3. The van der Waals surface area contributed by atoms with Crippen LogP contribution in [0.4, 0.5) is 17.6 Å². The molecule has 4 rings (SSSR count). The van der Waals surface area contributed by atoms with Crippen molar-refractivity contribution in [3.63, 3.8) is 0 Å². The topological polar surface area (TPSA) is 99.0 Å². The standard InChI is InChI=1S/C20H19F4N5O3S/c1-2-29-17(32-18-25-10-15(21)11-26-18)9-16(27-29)13-4-3-5-14(8-13)19(6-7-19)28-33(30,31)12-20(22,23)24/h3-5,8-11,28H,2,6-7,12H2,1H3. The molecule has 0 amide bonds. The van der Waals surface area contributed by atoms with Gasteiger partial charge in [-0.25, -0.2) is 32.2 Å². The van der Waals surface area contributed by atoms with Gasteiger partial charge in [0.05, 0.1) is 23.6 Å². The van der Waals surface area contributed by atoms with Crippen molar-refractivity contribution >= 4 is 10.0 Å². The van der Waals surface area contributed by atoms with Crippen molar-refractivity contribution in [2.24, 2.45) is 0 Å². The minimum absolute atomic E-state index is 0.0673. The molecule has 0 atom stereocenters. The van der Waals surface area contributed by atoms with E-state index in [2.05, 4.69) is 19.8 Å². The van der Waals surface area contributed by atoms with E-state index < -0.39 is 33.3 Å². The Bertz CT molecular complexity index is 1260. The van der Waals surface area contributed by atoms with E-state index in [-0.39, 0.29) is 6.01 Å². The van der Waals surface area contributed by atoms with Crippen LogP contribution >= 0.6 is 0 Å². The van der Waals surface area contributed by atoms with E-state index in [0.29, 0.717) is 42.1 Å². The van der Waals surface area contributed by atoms with Gasteiger partial charge in [0.25, 0.3) is 0 Å². The van der Waals surface area contributed by atoms with Crippen LogP contribution in [0.15, 0.2) is 42.7 Å². The zero-order valence-corrected chi connectivity index (χ0v) is 18.1. The summed E-state index contributed by atoms with van der Waals surface area (Å²) >= 11 is 0. The predicted octanol–water partition coefficient (Wildman–Crippen LogP) is 3.76. The number of ether oxygens (including phenoxy) is 1. The van der Waals surface area contributed by atoms with Crippen molar-refractivity contribution in [3.05, 3.63) is 54.1 Å². The maximum atomic E-state index is 13.0. The lowest BCUT2D eigenvalue weighted by molar-refractivity contribution is -0.106. The number of nitrogens with zero attached hydrogens (tertiary/aromatic N) is 4. The summed E-state index contributed by atoms with van der Waals surface area (Å²) in [5, 5.41) is 4.45. The summed E-state index contributed by atoms with van der Waals surface area (Å²) in [5.74, 6) is -2.24. The molecule has 2 heterocycles. The van der Waals surface area contributed by atoms with Gasteiger partial charge in [-0.3, -0.25) is 0 Å². The van der Waals surface area contributed by atoms with Gasteiger partial charge in [-0.1, -0.05) is 18.2 Å². The first-order chi connectivity index (χ1) is 15.5. The van der Waals surface area contributed by atoms with E-state index in [4.69, 9.17) is 4.74 Å². The Kier molecular flexibility index (Phi) is 5.86. The highest BCUT2D eigenvalue weighted by Crippen LogP contribution is 2.47. The van der Waals surface area contributed by atoms with E-state index >= 15 is 0 Å². The number of aromatic nitrogens is 4. The largest absolute Gasteiger partial charge is 0.405 e. The van der Waals surface area contributed by atoms with Gasteiger partial charge in [-0.15, -0.1) is 0 Å². The molecule has 2 aromatic heterocycles.